The van der Waals surface area contributed by atoms with Gasteiger partial charge in [-0.05, 0) is 46.7 Å². The van der Waals surface area contributed by atoms with Gasteiger partial charge < -0.3 is 10.6 Å². The zero-order valence-corrected chi connectivity index (χ0v) is 12.1. The maximum absolute atomic E-state index is 3.86. The Bertz CT molecular complexity index is 283. The molecule has 0 heterocycles. The fourth-order valence-electron chi connectivity index (χ4n) is 2.01. The van der Waals surface area contributed by atoms with Gasteiger partial charge in [0.25, 0.3) is 0 Å². The molecular weight excluding hydrogens is 208 g/mol. The van der Waals surface area contributed by atoms with Crippen molar-refractivity contribution < 1.29 is 0 Å². The first-order chi connectivity index (χ1) is 8.08. The Morgan fingerprint density at radius 2 is 1.88 bits per heavy atom. The minimum atomic E-state index is 0.377. The van der Waals surface area contributed by atoms with Gasteiger partial charge in [-0.1, -0.05) is 23.3 Å². The molecule has 0 rings (SSSR count). The summed E-state index contributed by atoms with van der Waals surface area (Å²) < 4.78 is 0. The molecule has 2 N–H and O–H groups in total. The molecule has 2 nitrogen and oxygen atoms in total. The highest BCUT2D eigenvalue weighted by Crippen LogP contribution is 2.20. The molecule has 0 radical (unpaired) electrons. The second-order valence-corrected chi connectivity index (χ2v) is 4.52. The number of hydrogen-bond donors (Lipinski definition) is 2. The van der Waals surface area contributed by atoms with Crippen LogP contribution in [0.1, 0.15) is 34.1 Å². The van der Waals surface area contributed by atoms with Gasteiger partial charge in [0.15, 0.2) is 0 Å². The van der Waals surface area contributed by atoms with E-state index in [0.29, 0.717) is 6.04 Å². The highest BCUT2D eigenvalue weighted by atomic mass is 15.0. The summed E-state index contributed by atoms with van der Waals surface area (Å²) in [6, 6.07) is 0.377. The van der Waals surface area contributed by atoms with Crippen LogP contribution in [0.15, 0.2) is 35.5 Å². The number of rotatable bonds is 8. The molecule has 0 saturated carbocycles. The average Bonchev–Trinajstić information content (AvgIpc) is 2.29. The lowest BCUT2D eigenvalue weighted by Gasteiger charge is -2.23. The van der Waals surface area contributed by atoms with Crippen LogP contribution in [0.5, 0.6) is 0 Å². The van der Waals surface area contributed by atoms with Gasteiger partial charge >= 0.3 is 0 Å². The van der Waals surface area contributed by atoms with Gasteiger partial charge in [0.2, 0.25) is 0 Å². The number of hydrogen-bond acceptors (Lipinski definition) is 2. The smallest absolute Gasteiger partial charge is 0.0357 e. The van der Waals surface area contributed by atoms with Crippen LogP contribution in [0.4, 0.5) is 0 Å². The van der Waals surface area contributed by atoms with E-state index in [2.05, 4.69) is 51.0 Å². The molecule has 0 bridgehead atoms. The monoisotopic (exact) mass is 236 g/mol. The van der Waals surface area contributed by atoms with Crippen molar-refractivity contribution in [1.82, 2.24) is 10.6 Å². The molecule has 0 aliphatic heterocycles. The molecule has 98 valence electrons. The molecule has 0 aliphatic rings. The van der Waals surface area contributed by atoms with E-state index in [1.54, 1.807) is 0 Å². The Morgan fingerprint density at radius 1 is 1.24 bits per heavy atom. The van der Waals surface area contributed by atoms with E-state index in [-0.39, 0.29) is 0 Å². The van der Waals surface area contributed by atoms with Crippen molar-refractivity contribution in [3.63, 3.8) is 0 Å². The Hall–Kier alpha value is -0.860. The van der Waals surface area contributed by atoms with Crippen LogP contribution >= 0.6 is 0 Å². The molecule has 0 aromatic heterocycles. The lowest BCUT2D eigenvalue weighted by molar-refractivity contribution is 0.562. The fourth-order valence-corrected chi connectivity index (χ4v) is 2.01. The molecule has 1 unspecified atom stereocenters. The van der Waals surface area contributed by atoms with E-state index in [9.17, 15) is 0 Å². The molecule has 0 spiro atoms. The van der Waals surface area contributed by atoms with Crippen molar-refractivity contribution >= 4 is 0 Å². The van der Waals surface area contributed by atoms with Crippen molar-refractivity contribution in [3.05, 3.63) is 35.5 Å². The van der Waals surface area contributed by atoms with Crippen molar-refractivity contribution in [3.8, 4) is 0 Å². The van der Waals surface area contributed by atoms with Crippen LogP contribution in [-0.4, -0.2) is 26.2 Å². The molecular formula is C15H28N2. The Balaban J connectivity index is 4.86. The lowest BCUT2D eigenvalue weighted by Crippen LogP contribution is -2.36. The van der Waals surface area contributed by atoms with Gasteiger partial charge in [0.05, 0.1) is 0 Å². The SMILES string of the molecule is C=CCC(NCCNC)C(=C(C)C)/C(C)=C\C. The van der Waals surface area contributed by atoms with E-state index >= 15 is 0 Å². The molecule has 0 aromatic rings. The summed E-state index contributed by atoms with van der Waals surface area (Å²) in [7, 11) is 1.98. The van der Waals surface area contributed by atoms with Crippen LogP contribution in [0.3, 0.4) is 0 Å². The van der Waals surface area contributed by atoms with Gasteiger partial charge in [0.1, 0.15) is 0 Å². The minimum Gasteiger partial charge on any atom is -0.318 e. The first-order valence-electron chi connectivity index (χ1n) is 6.38. The van der Waals surface area contributed by atoms with Crippen LogP contribution in [0, 0.1) is 0 Å². The van der Waals surface area contributed by atoms with Crippen molar-refractivity contribution in [2.45, 2.75) is 40.2 Å². The summed E-state index contributed by atoms with van der Waals surface area (Å²) in [5.41, 5.74) is 4.15. The zero-order chi connectivity index (χ0) is 13.3. The number of allylic oxidation sites excluding steroid dienone is 2. The first-order valence-corrected chi connectivity index (χ1v) is 6.38. The third kappa shape index (κ3) is 5.85. The predicted molar refractivity (Wildman–Crippen MR) is 78.3 cm³/mol. The normalized spacial score (nSPS) is 13.4. The van der Waals surface area contributed by atoms with Crippen molar-refractivity contribution in [1.29, 1.82) is 0 Å². The van der Waals surface area contributed by atoms with E-state index in [4.69, 9.17) is 0 Å². The van der Waals surface area contributed by atoms with E-state index in [1.807, 2.05) is 13.1 Å². The molecule has 0 amide bonds. The summed E-state index contributed by atoms with van der Waals surface area (Å²) >= 11 is 0. The summed E-state index contributed by atoms with van der Waals surface area (Å²) in [5, 5.41) is 6.74. The van der Waals surface area contributed by atoms with Crippen LogP contribution in [-0.2, 0) is 0 Å². The second-order valence-electron chi connectivity index (χ2n) is 4.52. The summed E-state index contributed by atoms with van der Waals surface area (Å²) in [4.78, 5) is 0. The molecule has 0 aromatic carbocycles. The third-order valence-corrected chi connectivity index (χ3v) is 2.91. The zero-order valence-electron chi connectivity index (χ0n) is 12.1. The standard InChI is InChI=1S/C15H28N2/c1-7-9-14(17-11-10-16-6)15(12(3)4)13(5)8-2/h7-8,14,16-17H,1,9-11H2,2-6H3/b13-8-. The number of likely N-dealkylation sites (N-methyl/N-ethyl adjacent to an activating group) is 1. The maximum atomic E-state index is 3.86. The predicted octanol–water partition coefficient (Wildman–Crippen LogP) is 3.04. The quantitative estimate of drug-likeness (QED) is 0.384. The largest absolute Gasteiger partial charge is 0.318 e. The number of nitrogens with one attached hydrogen (secondary N) is 2. The topological polar surface area (TPSA) is 24.1 Å². The van der Waals surface area contributed by atoms with Crippen LogP contribution < -0.4 is 10.6 Å². The second kappa shape index (κ2) is 9.20. The van der Waals surface area contributed by atoms with Gasteiger partial charge in [-0.3, -0.25) is 0 Å². The fraction of sp³-hybridized carbons (Fsp3) is 0.600. The molecule has 1 atom stereocenters. The Labute approximate surface area is 107 Å². The Kier molecular flexibility index (Phi) is 8.73. The molecule has 0 saturated heterocycles. The Morgan fingerprint density at radius 3 is 2.29 bits per heavy atom. The van der Waals surface area contributed by atoms with Gasteiger partial charge in [-0.2, -0.15) is 0 Å². The molecule has 17 heavy (non-hydrogen) atoms. The summed E-state index contributed by atoms with van der Waals surface area (Å²) in [5.74, 6) is 0. The van der Waals surface area contributed by atoms with Crippen molar-refractivity contribution in [2.24, 2.45) is 0 Å². The highest BCUT2D eigenvalue weighted by Gasteiger charge is 2.14. The summed E-state index contributed by atoms with van der Waals surface area (Å²) in [6.07, 6.45) is 5.14. The minimum absolute atomic E-state index is 0.377. The van der Waals surface area contributed by atoms with E-state index in [0.717, 1.165) is 19.5 Å². The third-order valence-electron chi connectivity index (χ3n) is 2.91. The van der Waals surface area contributed by atoms with E-state index < -0.39 is 0 Å². The molecule has 2 heteroatoms. The van der Waals surface area contributed by atoms with Crippen LogP contribution in [0.2, 0.25) is 0 Å². The molecule has 0 fully saturated rings. The summed E-state index contributed by atoms with van der Waals surface area (Å²) in [6.45, 7) is 14.4. The van der Waals surface area contributed by atoms with Gasteiger partial charge in [-0.25, -0.2) is 0 Å². The van der Waals surface area contributed by atoms with E-state index in [1.165, 1.54) is 16.7 Å². The van der Waals surface area contributed by atoms with Gasteiger partial charge in [0, 0.05) is 19.1 Å². The first kappa shape index (κ1) is 16.1. The average molecular weight is 236 g/mol. The van der Waals surface area contributed by atoms with Crippen LogP contribution in [0.25, 0.3) is 0 Å². The molecule has 0 aliphatic carbocycles. The van der Waals surface area contributed by atoms with Gasteiger partial charge in [-0.15, -0.1) is 6.58 Å². The highest BCUT2D eigenvalue weighted by molar-refractivity contribution is 5.37. The maximum Gasteiger partial charge on any atom is 0.0357 e. The van der Waals surface area contributed by atoms with Crippen molar-refractivity contribution in [2.75, 3.05) is 20.1 Å². The lowest BCUT2D eigenvalue weighted by atomic mass is 9.93.